The highest BCUT2D eigenvalue weighted by molar-refractivity contribution is 7.99. The average molecular weight is 623 g/mol. The first-order valence-electron chi connectivity index (χ1n) is 16.1. The minimum Gasteiger partial charge on any atom is -0.493 e. The van der Waals surface area contributed by atoms with Gasteiger partial charge in [0.15, 0.2) is 0 Å². The fourth-order valence-electron chi connectivity index (χ4n) is 5.64. The first-order valence-corrected chi connectivity index (χ1v) is 17.2. The highest BCUT2D eigenvalue weighted by Crippen LogP contribution is 2.26. The van der Waals surface area contributed by atoms with Crippen molar-refractivity contribution < 1.29 is 24.2 Å². The van der Waals surface area contributed by atoms with E-state index in [2.05, 4.69) is 29.4 Å². The van der Waals surface area contributed by atoms with Crippen LogP contribution in [0.5, 0.6) is 5.75 Å². The molecule has 5 unspecified atom stereocenters. The number of unbranched alkanes of at least 4 members (excludes halogenated alkanes) is 1. The molecule has 1 heterocycles. The van der Waals surface area contributed by atoms with E-state index in [1.165, 1.54) is 0 Å². The third-order valence-electron chi connectivity index (χ3n) is 8.50. The number of benzene rings is 1. The van der Waals surface area contributed by atoms with Crippen LogP contribution in [0.15, 0.2) is 24.3 Å². The third-order valence-corrected chi connectivity index (χ3v) is 9.44. The van der Waals surface area contributed by atoms with Gasteiger partial charge in [-0.2, -0.15) is 11.8 Å². The lowest BCUT2D eigenvalue weighted by atomic mass is 9.80. The van der Waals surface area contributed by atoms with Crippen LogP contribution in [0, 0.1) is 23.7 Å². The summed E-state index contributed by atoms with van der Waals surface area (Å²) in [6.45, 7) is 15.0. The molecule has 0 saturated carbocycles. The van der Waals surface area contributed by atoms with E-state index in [1.807, 2.05) is 50.7 Å². The summed E-state index contributed by atoms with van der Waals surface area (Å²) < 4.78 is 11.0. The van der Waals surface area contributed by atoms with Crippen molar-refractivity contribution in [3.05, 3.63) is 29.8 Å². The number of methoxy groups -OCH3 is 1. The normalized spacial score (nSPS) is 17.7. The number of amides is 2. The maximum absolute atomic E-state index is 13.3. The Morgan fingerprint density at radius 2 is 1.70 bits per heavy atom. The van der Waals surface area contributed by atoms with E-state index < -0.39 is 12.1 Å². The lowest BCUT2D eigenvalue weighted by molar-refractivity contribution is -0.127. The molecule has 0 spiro atoms. The minimum atomic E-state index is -0.825. The second-order valence-electron chi connectivity index (χ2n) is 12.5. The highest BCUT2D eigenvalue weighted by atomic mass is 32.2. The second-order valence-corrected chi connectivity index (χ2v) is 13.7. The van der Waals surface area contributed by atoms with E-state index in [9.17, 15) is 14.7 Å². The van der Waals surface area contributed by atoms with Gasteiger partial charge in [0.05, 0.1) is 18.3 Å². The standard InChI is InChI=1S/C33H58N4O5S/c1-23(2)27(25(5)36-33(40)26-11-7-8-12-31(26)42-18-10-9-17-41-6)21-29(34)30(38)22-28(24(3)4)32(39)35-13-14-37-15-19-43-20-16-37/h7-8,11-12,23-25,27-30,38H,9-10,13-22,34H2,1-6H3,(H,35,39)(H,36,40). The highest BCUT2D eigenvalue weighted by Gasteiger charge is 2.32. The van der Waals surface area contributed by atoms with Crippen LogP contribution in [-0.4, -0.2) is 98.0 Å². The SMILES string of the molecule is COCCCCOc1ccccc1C(=O)NC(C)C(CC(N)C(O)CC(C(=O)NCCN1CCSCC1)C(C)C)C(C)C. The van der Waals surface area contributed by atoms with E-state index in [-0.39, 0.29) is 41.5 Å². The van der Waals surface area contributed by atoms with Crippen LogP contribution in [0.1, 0.15) is 70.7 Å². The zero-order valence-corrected chi connectivity index (χ0v) is 28.2. The zero-order chi connectivity index (χ0) is 31.8. The first kappa shape index (κ1) is 37.3. The van der Waals surface area contributed by atoms with Gasteiger partial charge in [0.2, 0.25) is 5.91 Å². The molecule has 246 valence electrons. The van der Waals surface area contributed by atoms with Crippen molar-refractivity contribution >= 4 is 23.6 Å². The molecule has 2 amide bonds. The third kappa shape index (κ3) is 13.4. The van der Waals surface area contributed by atoms with Gasteiger partial charge in [-0.05, 0) is 62.5 Å². The lowest BCUT2D eigenvalue weighted by Crippen LogP contribution is -2.47. The van der Waals surface area contributed by atoms with Gasteiger partial charge in [-0.15, -0.1) is 0 Å². The Labute approximate surface area is 264 Å². The number of aliphatic hydroxyl groups excluding tert-OH is 1. The molecule has 10 heteroatoms. The van der Waals surface area contributed by atoms with Crippen LogP contribution in [0.25, 0.3) is 0 Å². The maximum Gasteiger partial charge on any atom is 0.255 e. The molecule has 0 aromatic heterocycles. The number of aliphatic hydroxyl groups is 1. The van der Waals surface area contributed by atoms with Crippen molar-refractivity contribution in [3.8, 4) is 5.75 Å². The summed E-state index contributed by atoms with van der Waals surface area (Å²) in [5.74, 6) is 2.64. The molecule has 1 aromatic carbocycles. The molecule has 1 saturated heterocycles. The van der Waals surface area contributed by atoms with Gasteiger partial charge < -0.3 is 30.9 Å². The number of carbonyl (C=O) groups is 2. The Kier molecular flexibility index (Phi) is 17.6. The molecule has 9 nitrogen and oxygen atoms in total. The number of nitrogens with one attached hydrogen (secondary N) is 2. The quantitative estimate of drug-likeness (QED) is 0.162. The Bertz CT molecular complexity index is 944. The van der Waals surface area contributed by atoms with Crippen molar-refractivity contribution in [1.29, 1.82) is 0 Å². The molecular weight excluding hydrogens is 564 g/mol. The molecule has 1 aliphatic heterocycles. The summed E-state index contributed by atoms with van der Waals surface area (Å²) >= 11 is 1.97. The smallest absolute Gasteiger partial charge is 0.255 e. The van der Waals surface area contributed by atoms with Gasteiger partial charge in [0, 0.05) is 69.4 Å². The summed E-state index contributed by atoms with van der Waals surface area (Å²) in [6, 6.07) is 6.58. The lowest BCUT2D eigenvalue weighted by Gasteiger charge is -2.33. The predicted molar refractivity (Wildman–Crippen MR) is 177 cm³/mol. The summed E-state index contributed by atoms with van der Waals surface area (Å²) in [7, 11) is 1.68. The van der Waals surface area contributed by atoms with E-state index in [4.69, 9.17) is 15.2 Å². The van der Waals surface area contributed by atoms with Gasteiger partial charge in [0.1, 0.15) is 5.75 Å². The molecule has 1 aromatic rings. The molecule has 43 heavy (non-hydrogen) atoms. The summed E-state index contributed by atoms with van der Waals surface area (Å²) in [5, 5.41) is 17.4. The van der Waals surface area contributed by atoms with Crippen molar-refractivity contribution in [1.82, 2.24) is 15.5 Å². The largest absolute Gasteiger partial charge is 0.493 e. The van der Waals surface area contributed by atoms with Crippen LogP contribution < -0.4 is 21.1 Å². The van der Waals surface area contributed by atoms with Crippen LogP contribution in [0.4, 0.5) is 0 Å². The molecule has 0 bridgehead atoms. The number of nitrogens with zero attached hydrogens (tertiary/aromatic N) is 1. The molecule has 0 aliphatic carbocycles. The van der Waals surface area contributed by atoms with Crippen molar-refractivity contribution in [2.75, 3.05) is 58.0 Å². The van der Waals surface area contributed by atoms with E-state index in [0.717, 1.165) is 44.0 Å². The number of para-hydroxylation sites is 1. The van der Waals surface area contributed by atoms with Crippen LogP contribution >= 0.6 is 11.8 Å². The molecule has 2 rings (SSSR count). The fraction of sp³-hybridized carbons (Fsp3) is 0.758. The maximum atomic E-state index is 13.3. The Balaban J connectivity index is 1.93. The summed E-state index contributed by atoms with van der Waals surface area (Å²) in [4.78, 5) is 28.8. The van der Waals surface area contributed by atoms with Crippen LogP contribution in [0.3, 0.4) is 0 Å². The van der Waals surface area contributed by atoms with Gasteiger partial charge in [0.25, 0.3) is 5.91 Å². The number of hydrogen-bond acceptors (Lipinski definition) is 8. The van der Waals surface area contributed by atoms with Crippen molar-refractivity contribution in [2.24, 2.45) is 29.4 Å². The van der Waals surface area contributed by atoms with E-state index in [1.54, 1.807) is 13.2 Å². The predicted octanol–water partition coefficient (Wildman–Crippen LogP) is 3.79. The summed E-state index contributed by atoms with van der Waals surface area (Å²) in [6.07, 6.45) is 1.74. The first-order chi connectivity index (χ1) is 20.5. The Morgan fingerprint density at radius 3 is 2.35 bits per heavy atom. The van der Waals surface area contributed by atoms with Gasteiger partial charge in [-0.25, -0.2) is 0 Å². The number of rotatable bonds is 20. The van der Waals surface area contributed by atoms with Crippen molar-refractivity contribution in [2.45, 2.75) is 78.5 Å². The fourth-order valence-corrected chi connectivity index (χ4v) is 6.62. The summed E-state index contributed by atoms with van der Waals surface area (Å²) in [5.41, 5.74) is 7.06. The number of ether oxygens (including phenoxy) is 2. The Morgan fingerprint density at radius 1 is 1.02 bits per heavy atom. The Hall–Kier alpha value is -1.85. The van der Waals surface area contributed by atoms with E-state index >= 15 is 0 Å². The monoisotopic (exact) mass is 622 g/mol. The average Bonchev–Trinajstić information content (AvgIpc) is 2.98. The van der Waals surface area contributed by atoms with Crippen LogP contribution in [0.2, 0.25) is 0 Å². The van der Waals surface area contributed by atoms with Crippen molar-refractivity contribution in [3.63, 3.8) is 0 Å². The molecule has 0 radical (unpaired) electrons. The molecule has 1 aliphatic rings. The minimum absolute atomic E-state index is 0.0201. The number of hydrogen-bond donors (Lipinski definition) is 4. The number of nitrogens with two attached hydrogens (primary N) is 1. The molecule has 5 N–H and O–H groups in total. The number of carbonyl (C=O) groups excluding carboxylic acids is 2. The topological polar surface area (TPSA) is 126 Å². The molecule has 5 atom stereocenters. The number of thioether (sulfide) groups is 1. The van der Waals surface area contributed by atoms with E-state index in [0.29, 0.717) is 43.9 Å². The molecular formula is C33H58N4O5S. The van der Waals surface area contributed by atoms with Crippen LogP contribution in [-0.2, 0) is 9.53 Å². The van der Waals surface area contributed by atoms with Gasteiger partial charge >= 0.3 is 0 Å². The van der Waals surface area contributed by atoms with Gasteiger partial charge in [-0.3, -0.25) is 14.5 Å². The zero-order valence-electron chi connectivity index (χ0n) is 27.3. The second kappa shape index (κ2) is 20.2. The molecule has 1 fully saturated rings. The van der Waals surface area contributed by atoms with Gasteiger partial charge in [-0.1, -0.05) is 39.8 Å².